The summed E-state index contributed by atoms with van der Waals surface area (Å²) >= 11 is 1.69. The van der Waals surface area contributed by atoms with Crippen LogP contribution < -0.4 is 15.5 Å². The Bertz CT molecular complexity index is 785. The van der Waals surface area contributed by atoms with Gasteiger partial charge in [0.15, 0.2) is 5.96 Å². The summed E-state index contributed by atoms with van der Waals surface area (Å²) in [5, 5.41) is 9.98. The molecule has 2 N–H and O–H groups in total. The van der Waals surface area contributed by atoms with Gasteiger partial charge in [0.1, 0.15) is 10.8 Å². The molecule has 2 aromatic rings. The molecule has 0 saturated carbocycles. The van der Waals surface area contributed by atoms with Crippen LogP contribution in [0.3, 0.4) is 0 Å². The molecule has 0 aromatic carbocycles. The molecule has 29 heavy (non-hydrogen) atoms. The van der Waals surface area contributed by atoms with Crippen LogP contribution in [0.1, 0.15) is 36.0 Å². The molecule has 2 aromatic heterocycles. The van der Waals surface area contributed by atoms with Crippen molar-refractivity contribution in [1.82, 2.24) is 25.5 Å². The zero-order chi connectivity index (χ0) is 19.9. The first kappa shape index (κ1) is 23.8. The number of aliphatic imine (C=N–C) groups is 1. The summed E-state index contributed by atoms with van der Waals surface area (Å²) in [7, 11) is 3.96. The van der Waals surface area contributed by atoms with Crippen LogP contribution in [0.25, 0.3) is 0 Å². The van der Waals surface area contributed by atoms with Crippen molar-refractivity contribution in [2.75, 3.05) is 45.2 Å². The van der Waals surface area contributed by atoms with Gasteiger partial charge in [0.2, 0.25) is 0 Å². The van der Waals surface area contributed by atoms with E-state index in [0.29, 0.717) is 19.0 Å². The molecule has 9 heteroatoms. The monoisotopic (exact) mass is 529 g/mol. The lowest BCUT2D eigenvalue weighted by Crippen LogP contribution is -2.45. The lowest BCUT2D eigenvalue weighted by molar-refractivity contribution is 0.312. The first-order valence-electron chi connectivity index (χ1n) is 9.83. The van der Waals surface area contributed by atoms with E-state index >= 15 is 0 Å². The topological polar surface area (TPSA) is 68.7 Å². The Hall–Kier alpha value is -1.46. The Morgan fingerprint density at radius 3 is 2.59 bits per heavy atom. The number of hydrogen-bond acceptors (Lipinski definition) is 6. The van der Waals surface area contributed by atoms with Crippen LogP contribution in [0.15, 0.2) is 28.7 Å². The van der Waals surface area contributed by atoms with Gasteiger partial charge in [-0.05, 0) is 19.0 Å². The minimum Gasteiger partial charge on any atom is -0.354 e. The third kappa shape index (κ3) is 6.78. The largest absolute Gasteiger partial charge is 0.354 e. The average molecular weight is 529 g/mol. The molecule has 1 saturated heterocycles. The Morgan fingerprint density at radius 1 is 1.21 bits per heavy atom. The van der Waals surface area contributed by atoms with E-state index in [1.54, 1.807) is 18.4 Å². The first-order valence-corrected chi connectivity index (χ1v) is 10.7. The van der Waals surface area contributed by atoms with Crippen LogP contribution in [0.4, 0.5) is 5.82 Å². The number of likely N-dealkylation sites (N-methyl/N-ethyl adjacent to an activating group) is 1. The fourth-order valence-corrected chi connectivity index (χ4v) is 4.00. The normalized spacial score (nSPS) is 15.3. The number of thiazole rings is 1. The standard InChI is InChI=1S/C20H31N7S.HI/c1-15(2)17-14-28-18(25-17)13-24-20(21-3)23-12-16-6-5-7-22-19(16)27-10-8-26(4)9-11-27;/h5-7,14-15H,8-13H2,1-4H3,(H2,21,23,24);1H. The third-order valence-corrected chi connectivity index (χ3v) is 5.78. The molecule has 0 bridgehead atoms. The highest BCUT2D eigenvalue weighted by Crippen LogP contribution is 2.19. The van der Waals surface area contributed by atoms with Gasteiger partial charge < -0.3 is 20.4 Å². The summed E-state index contributed by atoms with van der Waals surface area (Å²) in [6, 6.07) is 4.13. The minimum atomic E-state index is 0. The second-order valence-corrected chi connectivity index (χ2v) is 8.32. The molecule has 1 aliphatic heterocycles. The highest BCUT2D eigenvalue weighted by Gasteiger charge is 2.18. The highest BCUT2D eigenvalue weighted by atomic mass is 127. The fourth-order valence-electron chi connectivity index (χ4n) is 3.10. The average Bonchev–Trinajstić information content (AvgIpc) is 3.18. The van der Waals surface area contributed by atoms with E-state index in [9.17, 15) is 0 Å². The molecule has 0 spiro atoms. The number of aromatic nitrogens is 2. The number of piperazine rings is 1. The van der Waals surface area contributed by atoms with Crippen molar-refractivity contribution in [3.63, 3.8) is 0 Å². The van der Waals surface area contributed by atoms with Gasteiger partial charge in [-0.1, -0.05) is 19.9 Å². The number of halogens is 1. The summed E-state index contributed by atoms with van der Waals surface area (Å²) in [5.74, 6) is 2.30. The van der Waals surface area contributed by atoms with Crippen LogP contribution in [-0.2, 0) is 13.1 Å². The minimum absolute atomic E-state index is 0. The molecule has 0 amide bonds. The molecule has 1 aliphatic rings. The van der Waals surface area contributed by atoms with Crippen molar-refractivity contribution in [2.45, 2.75) is 32.9 Å². The van der Waals surface area contributed by atoms with Crippen LogP contribution in [0.5, 0.6) is 0 Å². The number of nitrogens with zero attached hydrogens (tertiary/aromatic N) is 5. The van der Waals surface area contributed by atoms with Gasteiger partial charge in [-0.2, -0.15) is 0 Å². The zero-order valence-corrected chi connectivity index (χ0v) is 20.8. The molecule has 7 nitrogen and oxygen atoms in total. The quantitative estimate of drug-likeness (QED) is 0.341. The maximum atomic E-state index is 4.67. The number of anilines is 1. The molecule has 3 rings (SSSR count). The maximum absolute atomic E-state index is 4.67. The van der Waals surface area contributed by atoms with Gasteiger partial charge in [0.05, 0.1) is 12.2 Å². The van der Waals surface area contributed by atoms with E-state index in [2.05, 4.69) is 67.7 Å². The van der Waals surface area contributed by atoms with Crippen molar-refractivity contribution in [1.29, 1.82) is 0 Å². The van der Waals surface area contributed by atoms with Gasteiger partial charge in [-0.25, -0.2) is 9.97 Å². The van der Waals surface area contributed by atoms with E-state index in [0.717, 1.165) is 48.7 Å². The van der Waals surface area contributed by atoms with Crippen LogP contribution in [-0.4, -0.2) is 61.1 Å². The highest BCUT2D eigenvalue weighted by molar-refractivity contribution is 14.0. The summed E-state index contributed by atoms with van der Waals surface area (Å²) in [6.07, 6.45) is 1.87. The predicted molar refractivity (Wildman–Crippen MR) is 133 cm³/mol. The van der Waals surface area contributed by atoms with Gasteiger partial charge >= 0.3 is 0 Å². The SMILES string of the molecule is CN=C(NCc1nc(C(C)C)cs1)NCc1cccnc1N1CCN(C)CC1.I. The summed E-state index contributed by atoms with van der Waals surface area (Å²) in [6.45, 7) is 9.85. The molecule has 1 fully saturated rings. The molecule has 3 heterocycles. The Labute approximate surface area is 195 Å². The lowest BCUT2D eigenvalue weighted by Gasteiger charge is -2.34. The van der Waals surface area contributed by atoms with E-state index in [1.165, 1.54) is 5.56 Å². The Kier molecular flexibility index (Phi) is 9.57. The lowest BCUT2D eigenvalue weighted by atomic mass is 10.2. The van der Waals surface area contributed by atoms with Crippen molar-refractivity contribution in [3.8, 4) is 0 Å². The molecule has 160 valence electrons. The van der Waals surface area contributed by atoms with E-state index in [-0.39, 0.29) is 24.0 Å². The Morgan fingerprint density at radius 2 is 1.93 bits per heavy atom. The number of nitrogens with one attached hydrogen (secondary N) is 2. The second kappa shape index (κ2) is 11.7. The van der Waals surface area contributed by atoms with Gasteiger partial charge in [-0.3, -0.25) is 4.99 Å². The van der Waals surface area contributed by atoms with Crippen molar-refractivity contribution in [2.24, 2.45) is 4.99 Å². The fraction of sp³-hybridized carbons (Fsp3) is 0.550. The summed E-state index contributed by atoms with van der Waals surface area (Å²) in [5.41, 5.74) is 2.34. The van der Waals surface area contributed by atoms with E-state index < -0.39 is 0 Å². The maximum Gasteiger partial charge on any atom is 0.191 e. The summed E-state index contributed by atoms with van der Waals surface area (Å²) in [4.78, 5) is 18.4. The van der Waals surface area contributed by atoms with E-state index in [1.807, 2.05) is 12.3 Å². The van der Waals surface area contributed by atoms with Gasteiger partial charge in [0, 0.05) is 56.9 Å². The van der Waals surface area contributed by atoms with Crippen LogP contribution in [0.2, 0.25) is 0 Å². The number of hydrogen-bond donors (Lipinski definition) is 2. The zero-order valence-electron chi connectivity index (χ0n) is 17.7. The second-order valence-electron chi connectivity index (χ2n) is 7.38. The molecular formula is C20H32IN7S. The van der Waals surface area contributed by atoms with Crippen molar-refractivity contribution in [3.05, 3.63) is 40.0 Å². The van der Waals surface area contributed by atoms with Crippen LogP contribution in [0, 0.1) is 0 Å². The van der Waals surface area contributed by atoms with Crippen LogP contribution >= 0.6 is 35.3 Å². The Balaban J connectivity index is 0.00000300. The third-order valence-electron chi connectivity index (χ3n) is 4.91. The smallest absolute Gasteiger partial charge is 0.191 e. The predicted octanol–water partition coefficient (Wildman–Crippen LogP) is 2.90. The molecular weight excluding hydrogens is 497 g/mol. The number of pyridine rings is 1. The molecule has 0 unspecified atom stereocenters. The number of guanidine groups is 1. The summed E-state index contributed by atoms with van der Waals surface area (Å²) < 4.78 is 0. The van der Waals surface area contributed by atoms with Crippen molar-refractivity contribution < 1.29 is 0 Å². The molecule has 0 aliphatic carbocycles. The number of rotatable bonds is 6. The first-order chi connectivity index (χ1) is 13.6. The molecule has 0 radical (unpaired) electrons. The van der Waals surface area contributed by atoms with E-state index in [4.69, 9.17) is 0 Å². The van der Waals surface area contributed by atoms with Gasteiger partial charge in [-0.15, -0.1) is 35.3 Å². The van der Waals surface area contributed by atoms with Gasteiger partial charge in [0.25, 0.3) is 0 Å². The molecule has 0 atom stereocenters. The van der Waals surface area contributed by atoms with Crippen molar-refractivity contribution >= 4 is 47.1 Å².